The van der Waals surface area contributed by atoms with E-state index in [-0.39, 0.29) is 18.2 Å². The average Bonchev–Trinajstić information content (AvgIpc) is 2.97. The highest BCUT2D eigenvalue weighted by molar-refractivity contribution is 8.15. The number of nitrogens with one attached hydrogen (secondary N) is 1. The van der Waals surface area contributed by atoms with Gasteiger partial charge in [-0.2, -0.15) is 0 Å². The van der Waals surface area contributed by atoms with Crippen LogP contribution in [0.15, 0.2) is 47.5 Å². The first-order chi connectivity index (χ1) is 14.4. The molecule has 6 nitrogen and oxygen atoms in total. The van der Waals surface area contributed by atoms with Gasteiger partial charge in [0.25, 0.3) is 0 Å². The van der Waals surface area contributed by atoms with Gasteiger partial charge in [-0.05, 0) is 55.7 Å². The van der Waals surface area contributed by atoms with E-state index in [1.165, 1.54) is 11.8 Å². The smallest absolute Gasteiger partial charge is 0.242 e. The zero-order valence-corrected chi connectivity index (χ0v) is 18.6. The Balaban J connectivity index is 1.75. The summed E-state index contributed by atoms with van der Waals surface area (Å²) in [5.41, 5.74) is 4.72. The Kier molecular flexibility index (Phi) is 7.29. The summed E-state index contributed by atoms with van der Waals surface area (Å²) in [6.45, 7) is 6.74. The van der Waals surface area contributed by atoms with Crippen LogP contribution in [0.2, 0.25) is 0 Å². The van der Waals surface area contributed by atoms with Crippen molar-refractivity contribution in [1.82, 2.24) is 4.90 Å². The van der Waals surface area contributed by atoms with E-state index in [4.69, 9.17) is 4.74 Å². The molecule has 158 valence electrons. The lowest BCUT2D eigenvalue weighted by atomic mass is 10.1. The number of ether oxygens (including phenoxy) is 1. The Morgan fingerprint density at radius 2 is 1.93 bits per heavy atom. The molecular formula is C23H27N3O3S. The fraction of sp³-hybridized carbons (Fsp3) is 0.348. The van der Waals surface area contributed by atoms with E-state index in [0.717, 1.165) is 28.1 Å². The van der Waals surface area contributed by atoms with Crippen LogP contribution < -0.4 is 5.32 Å². The topological polar surface area (TPSA) is 71.0 Å². The van der Waals surface area contributed by atoms with Gasteiger partial charge in [0.05, 0.1) is 18.8 Å². The van der Waals surface area contributed by atoms with Crippen molar-refractivity contribution in [3.63, 3.8) is 0 Å². The molecule has 1 fully saturated rings. The molecule has 1 saturated heterocycles. The number of nitrogens with zero attached hydrogens (tertiary/aromatic N) is 2. The van der Waals surface area contributed by atoms with Crippen molar-refractivity contribution in [1.29, 1.82) is 0 Å². The van der Waals surface area contributed by atoms with Gasteiger partial charge in [0.1, 0.15) is 5.25 Å². The molecule has 0 unspecified atom stereocenters. The molecule has 1 atom stereocenters. The van der Waals surface area contributed by atoms with Crippen molar-refractivity contribution < 1.29 is 14.3 Å². The van der Waals surface area contributed by atoms with Gasteiger partial charge < -0.3 is 10.1 Å². The van der Waals surface area contributed by atoms with Crippen LogP contribution in [-0.4, -0.2) is 47.4 Å². The number of thioether (sulfide) groups is 1. The average molecular weight is 426 g/mol. The number of amides is 2. The molecule has 3 rings (SSSR count). The molecule has 1 aliphatic rings. The number of rotatable bonds is 7. The van der Waals surface area contributed by atoms with E-state index in [1.54, 1.807) is 12.0 Å². The molecule has 2 aromatic carbocycles. The van der Waals surface area contributed by atoms with Crippen LogP contribution in [-0.2, 0) is 14.3 Å². The lowest BCUT2D eigenvalue weighted by Crippen LogP contribution is -2.35. The van der Waals surface area contributed by atoms with E-state index >= 15 is 0 Å². The van der Waals surface area contributed by atoms with Gasteiger partial charge in [-0.3, -0.25) is 14.5 Å². The molecule has 2 amide bonds. The summed E-state index contributed by atoms with van der Waals surface area (Å²) in [5, 5.41) is 3.04. The lowest BCUT2D eigenvalue weighted by molar-refractivity contribution is -0.128. The van der Waals surface area contributed by atoms with E-state index in [9.17, 15) is 9.59 Å². The van der Waals surface area contributed by atoms with Gasteiger partial charge in [-0.15, -0.1) is 0 Å². The standard InChI is InChI=1S/C23H27N3O3S/c1-15-6-5-7-18(12-15)24-23-26(10-11-29-4)22(28)20(30-23)14-21(27)25-19-13-16(2)8-9-17(19)3/h5-9,12-13,20H,10-11,14H2,1-4H3,(H,25,27)/t20-/m0/s1. The molecule has 0 spiro atoms. The molecule has 30 heavy (non-hydrogen) atoms. The molecule has 0 saturated carbocycles. The molecular weight excluding hydrogens is 398 g/mol. The lowest BCUT2D eigenvalue weighted by Gasteiger charge is -2.16. The molecule has 0 aliphatic carbocycles. The number of hydrogen-bond acceptors (Lipinski definition) is 5. The maximum absolute atomic E-state index is 13.0. The van der Waals surface area contributed by atoms with Crippen LogP contribution in [0.3, 0.4) is 0 Å². The zero-order chi connectivity index (χ0) is 21.7. The molecule has 0 aromatic heterocycles. The summed E-state index contributed by atoms with van der Waals surface area (Å²) >= 11 is 1.33. The summed E-state index contributed by atoms with van der Waals surface area (Å²) in [6, 6.07) is 13.7. The molecule has 2 aromatic rings. The number of carbonyl (C=O) groups excluding carboxylic acids is 2. The number of carbonyl (C=O) groups is 2. The maximum Gasteiger partial charge on any atom is 0.242 e. The largest absolute Gasteiger partial charge is 0.383 e. The second-order valence-electron chi connectivity index (χ2n) is 7.39. The van der Waals surface area contributed by atoms with E-state index in [2.05, 4.69) is 10.3 Å². The van der Waals surface area contributed by atoms with Gasteiger partial charge in [-0.1, -0.05) is 36.0 Å². The highest BCUT2D eigenvalue weighted by Crippen LogP contribution is 2.32. The van der Waals surface area contributed by atoms with Crippen LogP contribution >= 0.6 is 11.8 Å². The van der Waals surface area contributed by atoms with Crippen LogP contribution in [0, 0.1) is 20.8 Å². The minimum Gasteiger partial charge on any atom is -0.383 e. The van der Waals surface area contributed by atoms with E-state index in [1.807, 2.05) is 63.2 Å². The Morgan fingerprint density at radius 3 is 2.67 bits per heavy atom. The maximum atomic E-state index is 13.0. The Labute approximate surface area is 181 Å². The summed E-state index contributed by atoms with van der Waals surface area (Å²) in [7, 11) is 1.60. The summed E-state index contributed by atoms with van der Waals surface area (Å²) in [4.78, 5) is 31.9. The van der Waals surface area contributed by atoms with Crippen molar-refractivity contribution in [3.05, 3.63) is 59.2 Å². The molecule has 1 N–H and O–H groups in total. The Morgan fingerprint density at radius 1 is 1.17 bits per heavy atom. The van der Waals surface area contributed by atoms with Gasteiger partial charge >= 0.3 is 0 Å². The second kappa shape index (κ2) is 9.91. The minimum absolute atomic E-state index is 0.0905. The third-order valence-electron chi connectivity index (χ3n) is 4.80. The van der Waals surface area contributed by atoms with Crippen LogP contribution in [0.25, 0.3) is 0 Å². The van der Waals surface area contributed by atoms with Crippen LogP contribution in [0.1, 0.15) is 23.1 Å². The summed E-state index contributed by atoms with van der Waals surface area (Å²) in [6.07, 6.45) is 0.0905. The van der Waals surface area contributed by atoms with Gasteiger partial charge in [0, 0.05) is 19.2 Å². The number of methoxy groups -OCH3 is 1. The van der Waals surface area contributed by atoms with E-state index < -0.39 is 5.25 Å². The Hall–Kier alpha value is -2.64. The highest BCUT2D eigenvalue weighted by atomic mass is 32.2. The van der Waals surface area contributed by atoms with Crippen LogP contribution in [0.4, 0.5) is 11.4 Å². The second-order valence-corrected chi connectivity index (χ2v) is 8.56. The number of benzene rings is 2. The molecule has 1 heterocycles. The fourth-order valence-electron chi connectivity index (χ4n) is 3.16. The third kappa shape index (κ3) is 5.49. The molecule has 0 bridgehead atoms. The van der Waals surface area contributed by atoms with Crippen molar-refractivity contribution in [3.8, 4) is 0 Å². The first-order valence-electron chi connectivity index (χ1n) is 9.87. The summed E-state index contributed by atoms with van der Waals surface area (Å²) < 4.78 is 5.15. The SMILES string of the molecule is COCCN1C(=O)[C@H](CC(=O)Nc2cc(C)ccc2C)SC1=Nc1cccc(C)c1. The van der Waals surface area contributed by atoms with Crippen LogP contribution in [0.5, 0.6) is 0 Å². The number of aliphatic imine (C=N–C) groups is 1. The quantitative estimate of drug-likeness (QED) is 0.721. The first-order valence-corrected chi connectivity index (χ1v) is 10.7. The van der Waals surface area contributed by atoms with Gasteiger partial charge in [-0.25, -0.2) is 4.99 Å². The predicted octanol–water partition coefficient (Wildman–Crippen LogP) is 4.22. The van der Waals surface area contributed by atoms with Crippen molar-refractivity contribution in [2.45, 2.75) is 32.4 Å². The number of aryl methyl sites for hydroxylation is 3. The predicted molar refractivity (Wildman–Crippen MR) is 122 cm³/mol. The fourth-order valence-corrected chi connectivity index (χ4v) is 4.35. The van der Waals surface area contributed by atoms with Gasteiger partial charge in [0.2, 0.25) is 11.8 Å². The minimum atomic E-state index is -0.504. The molecule has 1 aliphatic heterocycles. The normalized spacial score (nSPS) is 17.6. The monoisotopic (exact) mass is 425 g/mol. The van der Waals surface area contributed by atoms with Crippen molar-refractivity contribution in [2.24, 2.45) is 4.99 Å². The number of anilines is 1. The van der Waals surface area contributed by atoms with Gasteiger partial charge in [0.15, 0.2) is 5.17 Å². The third-order valence-corrected chi connectivity index (χ3v) is 5.98. The van der Waals surface area contributed by atoms with Crippen molar-refractivity contribution in [2.75, 3.05) is 25.6 Å². The first kappa shape index (κ1) is 22.1. The number of amidine groups is 1. The van der Waals surface area contributed by atoms with E-state index in [0.29, 0.717) is 18.3 Å². The highest BCUT2D eigenvalue weighted by Gasteiger charge is 2.39. The molecule has 7 heteroatoms. The number of hydrogen-bond donors (Lipinski definition) is 1. The molecule has 0 radical (unpaired) electrons. The van der Waals surface area contributed by atoms with Crippen molar-refractivity contribution >= 4 is 40.1 Å². The Bertz CT molecular complexity index is 974. The summed E-state index contributed by atoms with van der Waals surface area (Å²) in [5.74, 6) is -0.294. The zero-order valence-electron chi connectivity index (χ0n) is 17.8.